The number of hydrogen-bond acceptors (Lipinski definition) is 3. The van der Waals surface area contributed by atoms with Crippen molar-refractivity contribution in [2.75, 3.05) is 13.7 Å². The first-order valence-corrected chi connectivity index (χ1v) is 10.6. The second kappa shape index (κ2) is 7.95. The van der Waals surface area contributed by atoms with Crippen LogP contribution in [0.15, 0.2) is 36.9 Å². The van der Waals surface area contributed by atoms with Gasteiger partial charge in [-0.3, -0.25) is 0 Å². The van der Waals surface area contributed by atoms with Crippen LogP contribution in [0.3, 0.4) is 0 Å². The van der Waals surface area contributed by atoms with Gasteiger partial charge >= 0.3 is 0 Å². The second-order valence-corrected chi connectivity index (χ2v) is 11.8. The summed E-state index contributed by atoms with van der Waals surface area (Å²) >= 11 is 0. The van der Waals surface area contributed by atoms with Gasteiger partial charge in [0.1, 0.15) is 5.75 Å². The summed E-state index contributed by atoms with van der Waals surface area (Å²) in [6.07, 6.45) is 1.73. The van der Waals surface area contributed by atoms with Gasteiger partial charge in [-0.25, -0.2) is 0 Å². The van der Waals surface area contributed by atoms with Crippen LogP contribution in [0.4, 0.5) is 0 Å². The summed E-state index contributed by atoms with van der Waals surface area (Å²) in [5.74, 6) is 0.852. The van der Waals surface area contributed by atoms with Gasteiger partial charge in [0, 0.05) is 0 Å². The van der Waals surface area contributed by atoms with E-state index in [2.05, 4.69) is 40.4 Å². The quantitative estimate of drug-likeness (QED) is 0.509. The van der Waals surface area contributed by atoms with Crippen molar-refractivity contribution in [1.29, 1.82) is 0 Å². The number of ether oxygens (including phenoxy) is 2. The minimum Gasteiger partial charge on any atom is -0.497 e. The van der Waals surface area contributed by atoms with E-state index in [9.17, 15) is 0 Å². The highest BCUT2D eigenvalue weighted by molar-refractivity contribution is 6.74. The summed E-state index contributed by atoms with van der Waals surface area (Å²) in [5, 5.41) is 0.203. The zero-order valence-corrected chi connectivity index (χ0v) is 15.8. The SMILES string of the molecule is C=CC(CO[Si](C)(C)C(C)(C)C)OCc1ccc(OC)cc1. The van der Waals surface area contributed by atoms with Crippen LogP contribution in [-0.4, -0.2) is 28.1 Å². The van der Waals surface area contributed by atoms with Crippen molar-refractivity contribution in [2.45, 2.75) is 51.6 Å². The van der Waals surface area contributed by atoms with Gasteiger partial charge in [0.05, 0.1) is 26.4 Å². The molecule has 0 N–H and O–H groups in total. The maximum atomic E-state index is 6.19. The monoisotopic (exact) mass is 322 g/mol. The first-order valence-electron chi connectivity index (χ1n) is 7.70. The van der Waals surface area contributed by atoms with Crippen LogP contribution >= 0.6 is 0 Å². The van der Waals surface area contributed by atoms with Crippen molar-refractivity contribution < 1.29 is 13.9 Å². The van der Waals surface area contributed by atoms with E-state index >= 15 is 0 Å². The first kappa shape index (κ1) is 18.9. The highest BCUT2D eigenvalue weighted by Gasteiger charge is 2.37. The first-order chi connectivity index (χ1) is 10.2. The van der Waals surface area contributed by atoms with E-state index in [1.165, 1.54) is 0 Å². The fraction of sp³-hybridized carbons (Fsp3) is 0.556. The smallest absolute Gasteiger partial charge is 0.192 e. The summed E-state index contributed by atoms with van der Waals surface area (Å²) in [6, 6.07) is 7.89. The lowest BCUT2D eigenvalue weighted by Gasteiger charge is -2.37. The normalized spacial score (nSPS) is 13.7. The summed E-state index contributed by atoms with van der Waals surface area (Å²) in [6.45, 7) is 16.2. The summed E-state index contributed by atoms with van der Waals surface area (Å²) in [7, 11) is -0.0848. The molecule has 4 heteroatoms. The van der Waals surface area contributed by atoms with E-state index in [4.69, 9.17) is 13.9 Å². The average molecular weight is 323 g/mol. The van der Waals surface area contributed by atoms with Crippen molar-refractivity contribution in [3.05, 3.63) is 42.5 Å². The number of rotatable bonds is 8. The highest BCUT2D eigenvalue weighted by Crippen LogP contribution is 2.36. The standard InChI is InChI=1S/C18H30O3Si/c1-8-16(14-21-22(6,7)18(2,3)4)20-13-15-9-11-17(19-5)12-10-15/h8-12,16H,1,13-14H2,2-7H3. The molecule has 1 aromatic carbocycles. The summed E-state index contributed by atoms with van der Waals surface area (Å²) in [5.41, 5.74) is 1.11. The Hall–Kier alpha value is -1.10. The van der Waals surface area contributed by atoms with Crippen molar-refractivity contribution in [1.82, 2.24) is 0 Å². The molecule has 0 saturated heterocycles. The van der Waals surface area contributed by atoms with E-state index in [1.807, 2.05) is 30.3 Å². The molecule has 0 bridgehead atoms. The lowest BCUT2D eigenvalue weighted by molar-refractivity contribution is 0.0357. The van der Waals surface area contributed by atoms with Gasteiger partial charge in [-0.1, -0.05) is 39.0 Å². The Morgan fingerprint density at radius 1 is 1.18 bits per heavy atom. The maximum Gasteiger partial charge on any atom is 0.192 e. The molecule has 0 fully saturated rings. The van der Waals surface area contributed by atoms with Crippen molar-refractivity contribution in [3.8, 4) is 5.75 Å². The molecule has 0 saturated carbocycles. The van der Waals surface area contributed by atoms with Gasteiger partial charge in [-0.2, -0.15) is 0 Å². The van der Waals surface area contributed by atoms with Crippen molar-refractivity contribution >= 4 is 8.32 Å². The molecule has 124 valence electrons. The molecular weight excluding hydrogens is 292 g/mol. The van der Waals surface area contributed by atoms with Gasteiger partial charge in [-0.05, 0) is 35.8 Å². The van der Waals surface area contributed by atoms with Gasteiger partial charge in [0.2, 0.25) is 0 Å². The van der Waals surface area contributed by atoms with Crippen LogP contribution in [0.25, 0.3) is 0 Å². The zero-order valence-electron chi connectivity index (χ0n) is 14.8. The van der Waals surface area contributed by atoms with E-state index in [1.54, 1.807) is 7.11 Å². The molecule has 1 atom stereocenters. The molecule has 0 spiro atoms. The molecule has 22 heavy (non-hydrogen) atoms. The third-order valence-electron chi connectivity index (χ3n) is 4.30. The molecule has 0 amide bonds. The Morgan fingerprint density at radius 3 is 2.23 bits per heavy atom. The second-order valence-electron chi connectivity index (χ2n) is 7.00. The van der Waals surface area contributed by atoms with Gasteiger partial charge < -0.3 is 13.9 Å². The van der Waals surface area contributed by atoms with E-state index in [-0.39, 0.29) is 11.1 Å². The molecular formula is C18H30O3Si. The molecule has 0 heterocycles. The molecule has 0 aliphatic heterocycles. The molecule has 3 nitrogen and oxygen atoms in total. The van der Waals surface area contributed by atoms with Crippen LogP contribution in [-0.2, 0) is 15.8 Å². The van der Waals surface area contributed by atoms with Crippen LogP contribution < -0.4 is 4.74 Å². The van der Waals surface area contributed by atoms with E-state index in [0.717, 1.165) is 11.3 Å². The Morgan fingerprint density at radius 2 is 1.77 bits per heavy atom. The number of hydrogen-bond donors (Lipinski definition) is 0. The summed E-state index contributed by atoms with van der Waals surface area (Å²) < 4.78 is 17.2. The molecule has 0 radical (unpaired) electrons. The molecule has 1 unspecified atom stereocenters. The lowest BCUT2D eigenvalue weighted by Crippen LogP contribution is -2.42. The minimum atomic E-state index is -1.75. The van der Waals surface area contributed by atoms with Crippen LogP contribution in [0, 0.1) is 0 Å². The zero-order chi connectivity index (χ0) is 16.8. The number of benzene rings is 1. The molecule has 0 aliphatic carbocycles. The molecule has 0 aromatic heterocycles. The molecule has 1 aromatic rings. The van der Waals surface area contributed by atoms with Crippen LogP contribution in [0.5, 0.6) is 5.75 Å². The van der Waals surface area contributed by atoms with Gasteiger partial charge in [-0.15, -0.1) is 6.58 Å². The predicted octanol–water partition coefficient (Wildman–Crippen LogP) is 4.79. The van der Waals surface area contributed by atoms with Crippen molar-refractivity contribution in [2.24, 2.45) is 0 Å². The van der Waals surface area contributed by atoms with Gasteiger partial charge in [0.25, 0.3) is 0 Å². The van der Waals surface area contributed by atoms with Crippen molar-refractivity contribution in [3.63, 3.8) is 0 Å². The minimum absolute atomic E-state index is 0.0868. The Bertz CT molecular complexity index is 460. The fourth-order valence-corrected chi connectivity index (χ4v) is 2.63. The van der Waals surface area contributed by atoms with E-state index in [0.29, 0.717) is 13.2 Å². The largest absolute Gasteiger partial charge is 0.497 e. The molecule has 0 aliphatic rings. The highest BCUT2D eigenvalue weighted by atomic mass is 28.4. The lowest BCUT2D eigenvalue weighted by atomic mass is 10.2. The van der Waals surface area contributed by atoms with Gasteiger partial charge in [0.15, 0.2) is 8.32 Å². The average Bonchev–Trinajstić information content (AvgIpc) is 2.46. The Balaban J connectivity index is 2.50. The number of methoxy groups -OCH3 is 1. The van der Waals surface area contributed by atoms with Crippen LogP contribution in [0.1, 0.15) is 26.3 Å². The fourth-order valence-electron chi connectivity index (χ4n) is 1.62. The van der Waals surface area contributed by atoms with Crippen LogP contribution in [0.2, 0.25) is 18.1 Å². The third-order valence-corrected chi connectivity index (χ3v) is 8.80. The summed E-state index contributed by atoms with van der Waals surface area (Å²) in [4.78, 5) is 0. The maximum absolute atomic E-state index is 6.19. The molecule has 1 rings (SSSR count). The Kier molecular flexibility index (Phi) is 6.85. The van der Waals surface area contributed by atoms with E-state index < -0.39 is 8.32 Å². The predicted molar refractivity (Wildman–Crippen MR) is 94.9 cm³/mol. The third kappa shape index (κ3) is 5.59. The topological polar surface area (TPSA) is 27.7 Å². The Labute approximate surface area is 136 Å².